The van der Waals surface area contributed by atoms with Gasteiger partial charge in [-0.15, -0.1) is 0 Å². The summed E-state index contributed by atoms with van der Waals surface area (Å²) in [5.74, 6) is 0. The van der Waals surface area contributed by atoms with Gasteiger partial charge in [0.2, 0.25) is 5.03 Å². The summed E-state index contributed by atoms with van der Waals surface area (Å²) in [4.78, 5) is 12.4. The molecular formula is C6H4ClF2N3O4S. The van der Waals surface area contributed by atoms with Gasteiger partial charge in [0.05, 0.1) is 4.92 Å². The van der Waals surface area contributed by atoms with Crippen LogP contribution in [0.5, 0.6) is 0 Å². The maximum absolute atomic E-state index is 12.4. The third kappa shape index (κ3) is 2.58. The number of nitro groups is 1. The Bertz CT molecular complexity index is 577. The second-order valence-electron chi connectivity index (χ2n) is 2.78. The fraction of sp³-hybridized carbons (Fsp3) is 0.167. The molecule has 0 spiro atoms. The van der Waals surface area contributed by atoms with Crippen molar-refractivity contribution in [3.8, 4) is 0 Å². The van der Waals surface area contributed by atoms with E-state index < -0.39 is 42.4 Å². The standard InChI is InChI=1S/C6H4ClF2N3O4S/c7-17(15,16)6-3(10)4(12(13)14)2(1-11-6)5(8)9/h1,5H,10H2. The van der Waals surface area contributed by atoms with Crippen molar-refractivity contribution in [1.82, 2.24) is 4.98 Å². The van der Waals surface area contributed by atoms with Crippen molar-refractivity contribution in [2.24, 2.45) is 0 Å². The van der Waals surface area contributed by atoms with Gasteiger partial charge < -0.3 is 5.73 Å². The van der Waals surface area contributed by atoms with Crippen LogP contribution in [0, 0.1) is 10.1 Å². The quantitative estimate of drug-likeness (QED) is 0.511. The molecule has 2 N–H and O–H groups in total. The van der Waals surface area contributed by atoms with E-state index in [1.807, 2.05) is 0 Å². The van der Waals surface area contributed by atoms with Gasteiger partial charge in [0.25, 0.3) is 15.5 Å². The number of pyridine rings is 1. The summed E-state index contributed by atoms with van der Waals surface area (Å²) in [7, 11) is 0.447. The number of nitrogens with zero attached hydrogens (tertiary/aromatic N) is 2. The molecule has 0 saturated heterocycles. The molecule has 0 unspecified atom stereocenters. The third-order valence-corrected chi connectivity index (χ3v) is 2.95. The van der Waals surface area contributed by atoms with Crippen LogP contribution in [-0.2, 0) is 9.05 Å². The van der Waals surface area contributed by atoms with E-state index >= 15 is 0 Å². The van der Waals surface area contributed by atoms with Crippen LogP contribution in [0.2, 0.25) is 0 Å². The zero-order valence-electron chi connectivity index (χ0n) is 7.80. The zero-order valence-corrected chi connectivity index (χ0v) is 9.37. The normalized spacial score (nSPS) is 11.8. The Balaban J connectivity index is 3.67. The fourth-order valence-corrected chi connectivity index (χ4v) is 1.98. The fourth-order valence-electron chi connectivity index (χ4n) is 1.07. The van der Waals surface area contributed by atoms with Crippen LogP contribution >= 0.6 is 10.7 Å². The summed E-state index contributed by atoms with van der Waals surface area (Å²) < 4.78 is 46.7. The van der Waals surface area contributed by atoms with Gasteiger partial charge in [-0.1, -0.05) is 0 Å². The zero-order chi connectivity index (χ0) is 13.4. The highest BCUT2D eigenvalue weighted by molar-refractivity contribution is 8.13. The summed E-state index contributed by atoms with van der Waals surface area (Å²) in [6, 6.07) is 0. The van der Waals surface area contributed by atoms with Gasteiger partial charge in [-0.2, -0.15) is 0 Å². The number of hydrogen-bond acceptors (Lipinski definition) is 6. The molecule has 11 heteroatoms. The average Bonchev–Trinajstić information content (AvgIpc) is 2.13. The third-order valence-electron chi connectivity index (χ3n) is 1.73. The van der Waals surface area contributed by atoms with Crippen molar-refractivity contribution in [3.05, 3.63) is 21.9 Å². The Morgan fingerprint density at radius 3 is 2.41 bits per heavy atom. The van der Waals surface area contributed by atoms with Crippen molar-refractivity contribution in [2.45, 2.75) is 11.5 Å². The van der Waals surface area contributed by atoms with E-state index in [0.29, 0.717) is 6.20 Å². The molecule has 0 aliphatic heterocycles. The van der Waals surface area contributed by atoms with Crippen LogP contribution in [0.3, 0.4) is 0 Å². The summed E-state index contributed by atoms with van der Waals surface area (Å²) in [5, 5.41) is 9.53. The van der Waals surface area contributed by atoms with E-state index in [4.69, 9.17) is 16.4 Å². The first kappa shape index (κ1) is 13.5. The van der Waals surface area contributed by atoms with Gasteiger partial charge in [-0.05, 0) is 0 Å². The molecule has 0 aromatic carbocycles. The van der Waals surface area contributed by atoms with Crippen LogP contribution < -0.4 is 5.73 Å². The molecule has 0 saturated carbocycles. The van der Waals surface area contributed by atoms with E-state index in [1.165, 1.54) is 0 Å². The lowest BCUT2D eigenvalue weighted by Gasteiger charge is -2.06. The maximum Gasteiger partial charge on any atom is 0.305 e. The smallest absolute Gasteiger partial charge is 0.305 e. The van der Waals surface area contributed by atoms with Crippen LogP contribution in [0.25, 0.3) is 0 Å². The second kappa shape index (κ2) is 4.37. The van der Waals surface area contributed by atoms with Gasteiger partial charge in [0, 0.05) is 16.9 Å². The predicted octanol–water partition coefficient (Wildman–Crippen LogP) is 1.44. The van der Waals surface area contributed by atoms with Crippen molar-refractivity contribution < 1.29 is 22.1 Å². The molecule has 1 aromatic rings. The average molecular weight is 288 g/mol. The van der Waals surface area contributed by atoms with Gasteiger partial charge >= 0.3 is 5.69 Å². The highest BCUT2D eigenvalue weighted by Crippen LogP contribution is 2.36. The highest BCUT2D eigenvalue weighted by atomic mass is 35.7. The monoisotopic (exact) mass is 287 g/mol. The Morgan fingerprint density at radius 2 is 2.06 bits per heavy atom. The van der Waals surface area contributed by atoms with E-state index in [-0.39, 0.29) is 0 Å². The minimum Gasteiger partial charge on any atom is -0.391 e. The van der Waals surface area contributed by atoms with Crippen molar-refractivity contribution in [1.29, 1.82) is 0 Å². The molecule has 1 aromatic heterocycles. The number of nitrogens with two attached hydrogens (primary N) is 1. The predicted molar refractivity (Wildman–Crippen MR) is 53.3 cm³/mol. The summed E-state index contributed by atoms with van der Waals surface area (Å²) in [6.45, 7) is 0. The minimum absolute atomic E-state index is 0.356. The van der Waals surface area contributed by atoms with Crippen molar-refractivity contribution in [3.63, 3.8) is 0 Å². The van der Waals surface area contributed by atoms with Crippen molar-refractivity contribution in [2.75, 3.05) is 5.73 Å². The lowest BCUT2D eigenvalue weighted by molar-refractivity contribution is -0.385. The van der Waals surface area contributed by atoms with Crippen LogP contribution in [0.4, 0.5) is 20.2 Å². The molecule has 0 aliphatic rings. The largest absolute Gasteiger partial charge is 0.391 e. The van der Waals surface area contributed by atoms with Crippen molar-refractivity contribution >= 4 is 31.1 Å². The topological polar surface area (TPSA) is 116 Å². The van der Waals surface area contributed by atoms with Crippen LogP contribution in [0.15, 0.2) is 11.2 Å². The number of alkyl halides is 2. The van der Waals surface area contributed by atoms with Gasteiger partial charge in [0.1, 0.15) is 5.56 Å². The SMILES string of the molecule is Nc1c(S(=O)(=O)Cl)ncc(C(F)F)c1[N+](=O)[O-]. The Morgan fingerprint density at radius 1 is 1.53 bits per heavy atom. The molecule has 0 bridgehead atoms. The summed E-state index contributed by atoms with van der Waals surface area (Å²) in [5.41, 5.74) is 1.81. The number of halogens is 3. The molecule has 17 heavy (non-hydrogen) atoms. The molecule has 0 amide bonds. The molecule has 1 heterocycles. The molecule has 0 radical (unpaired) electrons. The molecule has 0 atom stereocenters. The Labute approximate surface area is 97.8 Å². The Kier molecular flexibility index (Phi) is 3.48. The molecule has 94 valence electrons. The lowest BCUT2D eigenvalue weighted by Crippen LogP contribution is -2.08. The van der Waals surface area contributed by atoms with E-state index in [9.17, 15) is 27.3 Å². The van der Waals surface area contributed by atoms with Crippen LogP contribution in [-0.4, -0.2) is 18.3 Å². The number of rotatable bonds is 3. The first-order valence-corrected chi connectivity index (χ1v) is 6.12. The van der Waals surface area contributed by atoms with Gasteiger partial charge in [-0.25, -0.2) is 22.2 Å². The van der Waals surface area contributed by atoms with E-state index in [1.54, 1.807) is 0 Å². The highest BCUT2D eigenvalue weighted by Gasteiger charge is 2.31. The number of aromatic nitrogens is 1. The first-order valence-electron chi connectivity index (χ1n) is 3.81. The number of hydrogen-bond donors (Lipinski definition) is 1. The van der Waals surface area contributed by atoms with E-state index in [2.05, 4.69) is 4.98 Å². The summed E-state index contributed by atoms with van der Waals surface area (Å²) >= 11 is 0. The Hall–Kier alpha value is -1.55. The van der Waals surface area contributed by atoms with E-state index in [0.717, 1.165) is 0 Å². The first-order chi connectivity index (χ1) is 7.66. The molecular weight excluding hydrogens is 284 g/mol. The second-order valence-corrected chi connectivity index (χ2v) is 5.26. The molecule has 7 nitrogen and oxygen atoms in total. The maximum atomic E-state index is 12.4. The van der Waals surface area contributed by atoms with Gasteiger partial charge in [-0.3, -0.25) is 10.1 Å². The number of anilines is 1. The molecule has 0 fully saturated rings. The molecule has 1 rings (SSSR count). The van der Waals surface area contributed by atoms with Crippen LogP contribution in [0.1, 0.15) is 12.0 Å². The summed E-state index contributed by atoms with van der Waals surface area (Å²) in [6.07, 6.45) is -2.86. The number of nitrogen functional groups attached to an aromatic ring is 1. The lowest BCUT2D eigenvalue weighted by atomic mass is 10.2. The minimum atomic E-state index is -4.45. The van der Waals surface area contributed by atoms with Gasteiger partial charge in [0.15, 0.2) is 5.69 Å². The molecule has 0 aliphatic carbocycles.